The Kier molecular flexibility index (Phi) is 3.53. The minimum absolute atomic E-state index is 0.0348. The number of carbonyl (C=O) groups is 2. The fourth-order valence-electron chi connectivity index (χ4n) is 2.99. The van der Waals surface area contributed by atoms with E-state index in [2.05, 4.69) is 4.98 Å². The second-order valence-electron chi connectivity index (χ2n) is 5.76. The Balaban J connectivity index is 1.78. The maximum Gasteiger partial charge on any atom is 0.308 e. The van der Waals surface area contributed by atoms with Gasteiger partial charge in [0.25, 0.3) is 5.91 Å². The number of carboxylic acids is 1. The van der Waals surface area contributed by atoms with Crippen LogP contribution in [0.25, 0.3) is 0 Å². The average molecular weight is 290 g/mol. The molecule has 0 aromatic carbocycles. The quantitative estimate of drug-likeness (QED) is 0.885. The molecule has 21 heavy (non-hydrogen) atoms. The number of likely N-dealkylation sites (tertiary alicyclic amines) is 1. The Labute approximate surface area is 122 Å². The number of aliphatic carboxylic acids is 1. The summed E-state index contributed by atoms with van der Waals surface area (Å²) in [6.45, 7) is 3.27. The van der Waals surface area contributed by atoms with E-state index in [0.717, 1.165) is 24.2 Å². The highest BCUT2D eigenvalue weighted by molar-refractivity contribution is 5.93. The highest BCUT2D eigenvalue weighted by Crippen LogP contribution is 2.27. The normalized spacial score (nSPS) is 24.3. The number of rotatable bonds is 2. The zero-order chi connectivity index (χ0) is 15.0. The second kappa shape index (κ2) is 5.35. The third kappa shape index (κ3) is 2.57. The Bertz CT molecular complexity index is 587. The predicted octanol–water partition coefficient (Wildman–Crippen LogP) is 1.20. The summed E-state index contributed by atoms with van der Waals surface area (Å²) in [5.41, 5.74) is 1.37. The van der Waals surface area contributed by atoms with Crippen molar-refractivity contribution in [1.82, 2.24) is 9.88 Å². The molecule has 1 saturated heterocycles. The molecule has 0 radical (unpaired) electrons. The molecule has 2 aliphatic heterocycles. The predicted molar refractivity (Wildman–Crippen MR) is 74.2 cm³/mol. The summed E-state index contributed by atoms with van der Waals surface area (Å²) < 4.78 is 5.48. The highest BCUT2D eigenvalue weighted by Gasteiger charge is 2.37. The van der Waals surface area contributed by atoms with E-state index in [0.29, 0.717) is 18.8 Å². The molecule has 1 aromatic rings. The Morgan fingerprint density at radius 2 is 2.24 bits per heavy atom. The van der Waals surface area contributed by atoms with Crippen LogP contribution in [0, 0.1) is 11.8 Å². The third-order valence-corrected chi connectivity index (χ3v) is 4.23. The molecule has 0 aliphatic carbocycles. The van der Waals surface area contributed by atoms with Crippen LogP contribution in [-0.4, -0.2) is 46.6 Å². The van der Waals surface area contributed by atoms with E-state index >= 15 is 0 Å². The molecular weight excluding hydrogens is 272 g/mol. The molecule has 1 amide bonds. The van der Waals surface area contributed by atoms with Crippen molar-refractivity contribution < 1.29 is 19.4 Å². The van der Waals surface area contributed by atoms with Gasteiger partial charge in [-0.15, -0.1) is 0 Å². The van der Waals surface area contributed by atoms with E-state index in [-0.39, 0.29) is 18.4 Å². The van der Waals surface area contributed by atoms with Gasteiger partial charge in [0, 0.05) is 13.1 Å². The van der Waals surface area contributed by atoms with Crippen molar-refractivity contribution in [1.29, 1.82) is 0 Å². The number of nitrogens with zero attached hydrogens (tertiary/aromatic N) is 2. The first-order valence-corrected chi connectivity index (χ1v) is 7.20. The van der Waals surface area contributed by atoms with Crippen molar-refractivity contribution in [3.8, 4) is 5.75 Å². The molecule has 0 unspecified atom stereocenters. The molecule has 6 nitrogen and oxygen atoms in total. The highest BCUT2D eigenvalue weighted by atomic mass is 16.5. The first-order valence-electron chi connectivity index (χ1n) is 7.20. The van der Waals surface area contributed by atoms with Crippen LogP contribution in [-0.2, 0) is 11.2 Å². The van der Waals surface area contributed by atoms with Gasteiger partial charge in [0.2, 0.25) is 0 Å². The maximum atomic E-state index is 12.5. The standard InChI is InChI=1S/C15H18N2O4/c1-9-7-17(8-11(9)15(19)20)14(18)12-5-10-3-2-4-21-13(10)6-16-12/h5-6,9,11H,2-4,7-8H2,1H3,(H,19,20)/t9-,11-/m1/s1. The number of fused-ring (bicyclic) bond motifs is 1. The van der Waals surface area contributed by atoms with Crippen molar-refractivity contribution >= 4 is 11.9 Å². The molecule has 2 atom stereocenters. The van der Waals surface area contributed by atoms with Gasteiger partial charge in [0.1, 0.15) is 11.4 Å². The lowest BCUT2D eigenvalue weighted by Crippen LogP contribution is -2.30. The molecule has 0 spiro atoms. The number of hydrogen-bond donors (Lipinski definition) is 1. The number of carbonyl (C=O) groups excluding carboxylic acids is 1. The van der Waals surface area contributed by atoms with E-state index in [9.17, 15) is 9.59 Å². The maximum absolute atomic E-state index is 12.5. The minimum Gasteiger partial charge on any atom is -0.492 e. The Hall–Kier alpha value is -2.11. The number of ether oxygens (including phenoxy) is 1. The number of amides is 1. The van der Waals surface area contributed by atoms with Gasteiger partial charge in [0.05, 0.1) is 18.7 Å². The van der Waals surface area contributed by atoms with Crippen molar-refractivity contribution in [2.75, 3.05) is 19.7 Å². The SMILES string of the molecule is C[C@@H]1CN(C(=O)c2cc3c(cn2)OCCC3)C[C@H]1C(=O)O. The zero-order valence-electron chi connectivity index (χ0n) is 11.9. The van der Waals surface area contributed by atoms with Gasteiger partial charge in [0.15, 0.2) is 0 Å². The molecule has 0 bridgehead atoms. The summed E-state index contributed by atoms with van der Waals surface area (Å²) in [7, 11) is 0. The molecule has 3 heterocycles. The number of hydrogen-bond acceptors (Lipinski definition) is 4. The van der Waals surface area contributed by atoms with Crippen molar-refractivity contribution in [3.63, 3.8) is 0 Å². The number of pyridine rings is 1. The van der Waals surface area contributed by atoms with Crippen LogP contribution in [0.1, 0.15) is 29.4 Å². The monoisotopic (exact) mass is 290 g/mol. The van der Waals surface area contributed by atoms with E-state index in [4.69, 9.17) is 9.84 Å². The van der Waals surface area contributed by atoms with Crippen LogP contribution in [0.5, 0.6) is 5.75 Å². The first kappa shape index (κ1) is 13.9. The van der Waals surface area contributed by atoms with E-state index < -0.39 is 11.9 Å². The summed E-state index contributed by atoms with van der Waals surface area (Å²) in [4.78, 5) is 29.4. The molecule has 3 rings (SSSR count). The lowest BCUT2D eigenvalue weighted by molar-refractivity contribution is -0.142. The summed E-state index contributed by atoms with van der Waals surface area (Å²) >= 11 is 0. The van der Waals surface area contributed by atoms with Gasteiger partial charge in [-0.1, -0.05) is 6.92 Å². The number of aryl methyl sites for hydroxylation is 1. The average Bonchev–Trinajstić information content (AvgIpc) is 2.88. The van der Waals surface area contributed by atoms with Gasteiger partial charge in [-0.05, 0) is 30.4 Å². The molecule has 6 heteroatoms. The lowest BCUT2D eigenvalue weighted by atomic mass is 9.99. The van der Waals surface area contributed by atoms with Crippen LogP contribution in [0.2, 0.25) is 0 Å². The summed E-state index contributed by atoms with van der Waals surface area (Å²) in [6, 6.07) is 1.77. The van der Waals surface area contributed by atoms with Crippen LogP contribution >= 0.6 is 0 Å². The van der Waals surface area contributed by atoms with Crippen LogP contribution in [0.4, 0.5) is 0 Å². The summed E-state index contributed by atoms with van der Waals surface area (Å²) in [5, 5.41) is 9.14. The minimum atomic E-state index is -0.843. The molecular formula is C15H18N2O4. The fraction of sp³-hybridized carbons (Fsp3) is 0.533. The molecule has 112 valence electrons. The second-order valence-corrected chi connectivity index (χ2v) is 5.76. The van der Waals surface area contributed by atoms with Crippen LogP contribution in [0.3, 0.4) is 0 Å². The Morgan fingerprint density at radius 1 is 1.43 bits per heavy atom. The largest absolute Gasteiger partial charge is 0.492 e. The topological polar surface area (TPSA) is 79.7 Å². The molecule has 0 saturated carbocycles. The van der Waals surface area contributed by atoms with E-state index in [1.807, 2.05) is 6.92 Å². The van der Waals surface area contributed by atoms with Crippen molar-refractivity contribution in [3.05, 3.63) is 23.5 Å². The van der Waals surface area contributed by atoms with Crippen LogP contribution in [0.15, 0.2) is 12.3 Å². The lowest BCUT2D eigenvalue weighted by Gasteiger charge is -2.19. The molecule has 2 aliphatic rings. The number of carboxylic acid groups (broad SMARTS) is 1. The molecule has 1 aromatic heterocycles. The van der Waals surface area contributed by atoms with Gasteiger partial charge < -0.3 is 14.7 Å². The van der Waals surface area contributed by atoms with Gasteiger partial charge in [-0.3, -0.25) is 9.59 Å². The van der Waals surface area contributed by atoms with Crippen molar-refractivity contribution in [2.24, 2.45) is 11.8 Å². The smallest absolute Gasteiger partial charge is 0.308 e. The van der Waals surface area contributed by atoms with Gasteiger partial charge in [-0.2, -0.15) is 0 Å². The van der Waals surface area contributed by atoms with E-state index in [1.165, 1.54) is 0 Å². The van der Waals surface area contributed by atoms with Gasteiger partial charge in [-0.25, -0.2) is 4.98 Å². The van der Waals surface area contributed by atoms with Gasteiger partial charge >= 0.3 is 5.97 Å². The summed E-state index contributed by atoms with van der Waals surface area (Å²) in [6.07, 6.45) is 3.41. The first-order chi connectivity index (χ1) is 10.1. The summed E-state index contributed by atoms with van der Waals surface area (Å²) in [5.74, 6) is -0.818. The fourth-order valence-corrected chi connectivity index (χ4v) is 2.99. The van der Waals surface area contributed by atoms with E-state index in [1.54, 1.807) is 17.2 Å². The zero-order valence-corrected chi connectivity index (χ0v) is 11.9. The number of aromatic nitrogens is 1. The third-order valence-electron chi connectivity index (χ3n) is 4.23. The van der Waals surface area contributed by atoms with Crippen molar-refractivity contribution in [2.45, 2.75) is 19.8 Å². The van der Waals surface area contributed by atoms with Crippen LogP contribution < -0.4 is 4.74 Å². The Morgan fingerprint density at radius 3 is 2.95 bits per heavy atom. The molecule has 1 N–H and O–H groups in total. The molecule has 1 fully saturated rings.